The maximum Gasteiger partial charge on any atom is 0.270 e. The summed E-state index contributed by atoms with van der Waals surface area (Å²) in [6.45, 7) is 0. The second kappa shape index (κ2) is 8.74. The van der Waals surface area contributed by atoms with E-state index in [0.717, 1.165) is 0 Å². The van der Waals surface area contributed by atoms with Crippen LogP contribution in [0.25, 0.3) is 0 Å². The molecular formula is C6H14Cl2O12S4. The van der Waals surface area contributed by atoms with Gasteiger partial charge in [0.05, 0.1) is 5.75 Å². The minimum Gasteiger partial charge on any atom is -0.286 e. The van der Waals surface area contributed by atoms with Gasteiger partial charge in [-0.3, -0.25) is 18.2 Å². The van der Waals surface area contributed by atoms with E-state index in [9.17, 15) is 33.7 Å². The Balaban J connectivity index is 0. The van der Waals surface area contributed by atoms with E-state index in [1.807, 2.05) is 0 Å². The van der Waals surface area contributed by atoms with Crippen LogP contribution in [0.4, 0.5) is 0 Å². The van der Waals surface area contributed by atoms with Crippen LogP contribution in [0.5, 0.6) is 0 Å². The van der Waals surface area contributed by atoms with Gasteiger partial charge in [0, 0.05) is 5.88 Å². The summed E-state index contributed by atoms with van der Waals surface area (Å²) in [7, 11) is -20.8. The first-order valence-corrected chi connectivity index (χ1v) is 11.9. The topological polar surface area (TPSA) is 217 Å². The lowest BCUT2D eigenvalue weighted by Crippen LogP contribution is -2.45. The normalized spacial score (nSPS) is 17.5. The van der Waals surface area contributed by atoms with Gasteiger partial charge in [0.15, 0.2) is 0 Å². The molecule has 0 radical (unpaired) electrons. The summed E-state index contributed by atoms with van der Waals surface area (Å²) in [5.41, 5.74) is 0. The Bertz CT molecular complexity index is 826. The van der Waals surface area contributed by atoms with Crippen molar-refractivity contribution in [2.24, 2.45) is 0 Å². The van der Waals surface area contributed by atoms with Gasteiger partial charge in [-0.2, -0.15) is 33.7 Å². The summed E-state index contributed by atoms with van der Waals surface area (Å²) in [4.78, 5) is 0. The fourth-order valence-corrected chi connectivity index (χ4v) is 7.24. The van der Waals surface area contributed by atoms with Crippen molar-refractivity contribution < 1.29 is 51.9 Å². The first-order valence-electron chi connectivity index (χ1n) is 5.29. The third-order valence-electron chi connectivity index (χ3n) is 2.64. The van der Waals surface area contributed by atoms with Crippen molar-refractivity contribution in [3.63, 3.8) is 0 Å². The summed E-state index contributed by atoms with van der Waals surface area (Å²) in [6.07, 6.45) is -1.48. The van der Waals surface area contributed by atoms with E-state index in [4.69, 9.17) is 29.8 Å². The van der Waals surface area contributed by atoms with Crippen molar-refractivity contribution >= 4 is 64.5 Å². The van der Waals surface area contributed by atoms with E-state index in [1.54, 1.807) is 0 Å². The van der Waals surface area contributed by atoms with Gasteiger partial charge in [-0.1, -0.05) is 0 Å². The molecule has 0 amide bonds. The van der Waals surface area contributed by atoms with Gasteiger partial charge in [-0.25, -0.2) is 0 Å². The largest absolute Gasteiger partial charge is 0.286 e. The molecule has 0 rings (SSSR count). The molecule has 0 spiro atoms. The Labute approximate surface area is 150 Å². The third kappa shape index (κ3) is 9.07. The van der Waals surface area contributed by atoms with E-state index in [2.05, 4.69) is 0 Å². The summed E-state index contributed by atoms with van der Waals surface area (Å²) in [5.74, 6) is -2.79. The summed E-state index contributed by atoms with van der Waals surface area (Å²) >= 11 is 5.19. The lowest BCUT2D eigenvalue weighted by molar-refractivity contribution is 0.425. The molecule has 0 aromatic carbocycles. The molecule has 0 aromatic rings. The predicted molar refractivity (Wildman–Crippen MR) is 85.0 cm³/mol. The molecule has 3 unspecified atom stereocenters. The van der Waals surface area contributed by atoms with Crippen LogP contribution >= 0.6 is 24.0 Å². The molecule has 12 nitrogen and oxygen atoms in total. The van der Waals surface area contributed by atoms with Crippen LogP contribution in [0.15, 0.2) is 0 Å². The van der Waals surface area contributed by atoms with Crippen LogP contribution < -0.4 is 0 Å². The maximum absolute atomic E-state index is 11.2. The predicted octanol–water partition coefficient (Wildman–Crippen LogP) is -1.31. The number of halogens is 2. The second-order valence-electron chi connectivity index (χ2n) is 4.38. The van der Waals surface area contributed by atoms with Crippen LogP contribution in [0.1, 0.15) is 6.42 Å². The Morgan fingerprint density at radius 1 is 0.708 bits per heavy atom. The zero-order valence-electron chi connectivity index (χ0n) is 11.3. The lowest BCUT2D eigenvalue weighted by Gasteiger charge is -2.23. The summed E-state index contributed by atoms with van der Waals surface area (Å²) < 4.78 is 124. The van der Waals surface area contributed by atoms with E-state index >= 15 is 0 Å². The molecule has 4 N–H and O–H groups in total. The van der Waals surface area contributed by atoms with Crippen molar-refractivity contribution in [1.29, 1.82) is 0 Å². The molecule has 0 bridgehead atoms. The van der Waals surface area contributed by atoms with Gasteiger partial charge in [0.1, 0.15) is 15.7 Å². The van der Waals surface area contributed by atoms with Crippen LogP contribution in [0.2, 0.25) is 0 Å². The van der Waals surface area contributed by atoms with Gasteiger partial charge >= 0.3 is 0 Å². The molecule has 148 valence electrons. The van der Waals surface area contributed by atoms with Crippen LogP contribution in [-0.4, -0.2) is 79.3 Å². The SMILES string of the molecule is Cl.O=S(=O)(O)CC(CC(C(CCl)S(=O)(=O)O)S(=O)(=O)O)S(=O)(=O)O. The molecular weight excluding hydrogens is 463 g/mol. The van der Waals surface area contributed by atoms with Crippen LogP contribution in [0, 0.1) is 0 Å². The highest BCUT2D eigenvalue weighted by molar-refractivity contribution is 7.91. The molecule has 0 aromatic heterocycles. The van der Waals surface area contributed by atoms with E-state index in [1.165, 1.54) is 0 Å². The number of hydrogen-bond acceptors (Lipinski definition) is 8. The fourth-order valence-electron chi connectivity index (χ4n) is 1.61. The monoisotopic (exact) mass is 476 g/mol. The lowest BCUT2D eigenvalue weighted by atomic mass is 10.2. The minimum absolute atomic E-state index is 0. The number of rotatable bonds is 9. The smallest absolute Gasteiger partial charge is 0.270 e. The van der Waals surface area contributed by atoms with Crippen molar-refractivity contribution in [2.75, 3.05) is 11.6 Å². The maximum atomic E-state index is 11.2. The molecule has 0 heterocycles. The quantitative estimate of drug-likeness (QED) is 0.225. The highest BCUT2D eigenvalue weighted by Crippen LogP contribution is 2.22. The van der Waals surface area contributed by atoms with Crippen LogP contribution in [-0.2, 0) is 40.5 Å². The van der Waals surface area contributed by atoms with Crippen molar-refractivity contribution in [2.45, 2.75) is 22.2 Å². The van der Waals surface area contributed by atoms with E-state index in [-0.39, 0.29) is 12.4 Å². The van der Waals surface area contributed by atoms with Crippen LogP contribution in [0.3, 0.4) is 0 Å². The average Bonchev–Trinajstić information content (AvgIpc) is 2.20. The summed E-state index contributed by atoms with van der Waals surface area (Å²) in [5, 5.41) is -7.50. The molecule has 0 saturated carbocycles. The Kier molecular flexibility index (Phi) is 9.63. The first kappa shape index (κ1) is 26.4. The number of alkyl halides is 1. The molecule has 0 aliphatic heterocycles. The Morgan fingerprint density at radius 3 is 1.29 bits per heavy atom. The molecule has 0 aliphatic carbocycles. The van der Waals surface area contributed by atoms with E-state index < -0.39 is 74.3 Å². The molecule has 0 aliphatic rings. The van der Waals surface area contributed by atoms with Gasteiger partial charge < -0.3 is 0 Å². The Hall–Kier alpha value is 0.220. The van der Waals surface area contributed by atoms with Gasteiger partial charge in [-0.15, -0.1) is 24.0 Å². The molecule has 0 saturated heterocycles. The van der Waals surface area contributed by atoms with Gasteiger partial charge in [-0.05, 0) is 6.42 Å². The first-order chi connectivity index (χ1) is 9.89. The van der Waals surface area contributed by atoms with E-state index in [0.29, 0.717) is 0 Å². The highest BCUT2D eigenvalue weighted by Gasteiger charge is 2.44. The Morgan fingerprint density at radius 2 is 1.08 bits per heavy atom. The molecule has 24 heavy (non-hydrogen) atoms. The molecule has 18 heteroatoms. The van der Waals surface area contributed by atoms with Crippen molar-refractivity contribution in [3.8, 4) is 0 Å². The van der Waals surface area contributed by atoms with Gasteiger partial charge in [0.2, 0.25) is 0 Å². The summed E-state index contributed by atoms with van der Waals surface area (Å²) in [6, 6.07) is 0. The second-order valence-corrected chi connectivity index (χ2v) is 11.2. The van der Waals surface area contributed by atoms with Gasteiger partial charge in [0.25, 0.3) is 40.5 Å². The minimum atomic E-state index is -5.35. The standard InChI is InChI=1S/C6H13ClO12S4.ClH/c7-2-6(23(17,18)19)5(22(14,15)16)1-4(21(11,12)13)3-20(8,9)10;/h4-6H,1-3H2,(H,8,9,10)(H,11,12,13)(H,14,15,16)(H,17,18,19);1H. The zero-order chi connectivity index (χ0) is 18.9. The molecule has 0 fully saturated rings. The average molecular weight is 477 g/mol. The zero-order valence-corrected chi connectivity index (χ0v) is 16.2. The molecule has 3 atom stereocenters. The van der Waals surface area contributed by atoms with Crippen molar-refractivity contribution in [1.82, 2.24) is 0 Å². The van der Waals surface area contributed by atoms with Crippen molar-refractivity contribution in [3.05, 3.63) is 0 Å². The highest BCUT2D eigenvalue weighted by atomic mass is 35.5. The third-order valence-corrected chi connectivity index (χ3v) is 8.12. The number of hydrogen-bond donors (Lipinski definition) is 4. The fraction of sp³-hybridized carbons (Fsp3) is 1.00.